The Morgan fingerprint density at radius 2 is 1.98 bits per heavy atom. The third-order valence-corrected chi connectivity index (χ3v) is 7.42. The van der Waals surface area contributed by atoms with Gasteiger partial charge < -0.3 is 20.1 Å². The van der Waals surface area contributed by atoms with Gasteiger partial charge in [0.15, 0.2) is 6.61 Å². The molecule has 4 aromatic rings. The van der Waals surface area contributed by atoms with Crippen LogP contribution in [0.4, 0.5) is 24.8 Å². The second kappa shape index (κ2) is 10.8. The predicted molar refractivity (Wildman–Crippen MR) is 141 cm³/mol. The number of anilines is 2. The van der Waals surface area contributed by atoms with Crippen LogP contribution in [0.25, 0.3) is 11.1 Å². The SMILES string of the molecule is C[C@@H](Cn1cnnn1)Oc1cc(-c2cnc(Nc3cn(C4CC5(CNC5)C4)nc3OCC(F)(F)F)nc2)ccc1Cl. The minimum absolute atomic E-state index is 0.0982. The number of hydrogen-bond donors (Lipinski definition) is 2. The molecule has 16 heteroatoms. The zero-order valence-corrected chi connectivity index (χ0v) is 22.6. The summed E-state index contributed by atoms with van der Waals surface area (Å²) in [4.78, 5) is 8.70. The molecule has 0 bridgehead atoms. The number of halogens is 4. The van der Waals surface area contributed by atoms with Gasteiger partial charge in [-0.2, -0.15) is 13.2 Å². The highest BCUT2D eigenvalue weighted by molar-refractivity contribution is 6.32. The van der Waals surface area contributed by atoms with Crippen molar-refractivity contribution >= 4 is 23.2 Å². The Morgan fingerprint density at radius 1 is 1.20 bits per heavy atom. The van der Waals surface area contributed by atoms with Gasteiger partial charge in [0.2, 0.25) is 5.95 Å². The largest absolute Gasteiger partial charge is 0.487 e. The van der Waals surface area contributed by atoms with Gasteiger partial charge in [-0.05, 0) is 53.3 Å². The Bertz CT molecular complexity index is 1480. The lowest BCUT2D eigenvalue weighted by atomic mass is 9.62. The van der Waals surface area contributed by atoms with Gasteiger partial charge in [0, 0.05) is 31.0 Å². The molecule has 2 aliphatic rings. The van der Waals surface area contributed by atoms with Crippen molar-refractivity contribution in [3.63, 3.8) is 0 Å². The van der Waals surface area contributed by atoms with Crippen molar-refractivity contribution in [1.29, 1.82) is 0 Å². The van der Waals surface area contributed by atoms with Gasteiger partial charge in [-0.25, -0.2) is 14.6 Å². The van der Waals surface area contributed by atoms with Gasteiger partial charge in [0.25, 0.3) is 5.88 Å². The summed E-state index contributed by atoms with van der Waals surface area (Å²) in [6.45, 7) is 2.76. The van der Waals surface area contributed by atoms with Crippen LogP contribution in [0.1, 0.15) is 25.8 Å². The molecule has 1 saturated heterocycles. The quantitative estimate of drug-likeness (QED) is 0.279. The summed E-state index contributed by atoms with van der Waals surface area (Å²) < 4.78 is 52.9. The molecule has 0 unspecified atom stereocenters. The van der Waals surface area contributed by atoms with Crippen molar-refractivity contribution in [2.75, 3.05) is 25.0 Å². The highest BCUT2D eigenvalue weighted by atomic mass is 35.5. The molecule has 0 radical (unpaired) electrons. The average molecular weight is 591 g/mol. The monoisotopic (exact) mass is 590 g/mol. The number of aromatic nitrogens is 8. The minimum atomic E-state index is -4.50. The third-order valence-electron chi connectivity index (χ3n) is 7.11. The van der Waals surface area contributed by atoms with Crippen LogP contribution in [0.2, 0.25) is 5.02 Å². The molecule has 1 saturated carbocycles. The van der Waals surface area contributed by atoms with Gasteiger partial charge in [-0.15, -0.1) is 10.2 Å². The lowest BCUT2D eigenvalue weighted by Crippen LogP contribution is -2.60. The lowest BCUT2D eigenvalue weighted by Gasteiger charge is -2.54. The first kappa shape index (κ1) is 27.2. The summed E-state index contributed by atoms with van der Waals surface area (Å²) in [5.74, 6) is 0.498. The van der Waals surface area contributed by atoms with Crippen molar-refractivity contribution < 1.29 is 22.6 Å². The second-order valence-corrected chi connectivity index (χ2v) is 10.8. The maximum atomic E-state index is 12.9. The van der Waals surface area contributed by atoms with Crippen molar-refractivity contribution in [2.24, 2.45) is 5.41 Å². The Kier molecular flexibility index (Phi) is 7.15. The Labute approximate surface area is 237 Å². The number of benzene rings is 1. The molecule has 1 aliphatic heterocycles. The van der Waals surface area contributed by atoms with E-state index in [4.69, 9.17) is 21.1 Å². The average Bonchev–Trinajstić information content (AvgIpc) is 3.52. The Hall–Kier alpha value is -3.98. The van der Waals surface area contributed by atoms with Crippen molar-refractivity contribution in [2.45, 2.75) is 44.6 Å². The molecule has 216 valence electrons. The van der Waals surface area contributed by atoms with Gasteiger partial charge in [-0.1, -0.05) is 17.7 Å². The van der Waals surface area contributed by atoms with E-state index in [1.54, 1.807) is 40.1 Å². The number of nitrogens with zero attached hydrogens (tertiary/aromatic N) is 8. The highest BCUT2D eigenvalue weighted by Gasteiger charge is 2.49. The topological polar surface area (TPSA) is 130 Å². The third kappa shape index (κ3) is 6.20. The molecule has 1 aliphatic carbocycles. The smallest absolute Gasteiger partial charge is 0.422 e. The zero-order chi connectivity index (χ0) is 28.6. The van der Waals surface area contributed by atoms with Crippen LogP contribution in [0.5, 0.6) is 11.6 Å². The fourth-order valence-corrected chi connectivity index (χ4v) is 5.18. The van der Waals surface area contributed by atoms with E-state index in [0.29, 0.717) is 22.9 Å². The molecule has 1 atom stereocenters. The molecular weight excluding hydrogens is 565 g/mol. The molecule has 1 aromatic carbocycles. The lowest BCUT2D eigenvalue weighted by molar-refractivity contribution is -0.154. The molecular formula is C25H26ClF3N10O2. The van der Waals surface area contributed by atoms with Crippen LogP contribution in [0, 0.1) is 5.41 Å². The van der Waals surface area contributed by atoms with E-state index in [1.807, 2.05) is 13.0 Å². The predicted octanol–water partition coefficient (Wildman–Crippen LogP) is 4.06. The van der Waals surface area contributed by atoms with E-state index in [9.17, 15) is 13.2 Å². The van der Waals surface area contributed by atoms with Crippen molar-refractivity contribution in [3.8, 4) is 22.8 Å². The van der Waals surface area contributed by atoms with Gasteiger partial charge in [-0.3, -0.25) is 4.68 Å². The Balaban J connectivity index is 1.15. The van der Waals surface area contributed by atoms with Crippen LogP contribution in [0.3, 0.4) is 0 Å². The zero-order valence-electron chi connectivity index (χ0n) is 21.8. The summed E-state index contributed by atoms with van der Waals surface area (Å²) in [7, 11) is 0. The van der Waals surface area contributed by atoms with Crippen molar-refractivity contribution in [1.82, 2.24) is 45.3 Å². The molecule has 0 amide bonds. The highest BCUT2D eigenvalue weighted by Crippen LogP contribution is 2.51. The number of nitrogens with one attached hydrogen (secondary N) is 2. The summed E-state index contributed by atoms with van der Waals surface area (Å²) >= 11 is 6.35. The van der Waals surface area contributed by atoms with Gasteiger partial charge in [0.05, 0.1) is 23.8 Å². The van der Waals surface area contributed by atoms with Crippen molar-refractivity contribution in [3.05, 3.63) is 48.1 Å². The molecule has 6 rings (SSSR count). The molecule has 2 fully saturated rings. The standard InChI is InChI=1S/C25H26ClF3N10O2/c1-15(9-38-14-33-36-37-38)41-21-4-16(2-3-19(21)26)17-7-31-23(32-8-17)34-20-10-39(18-5-24(6-18)11-30-12-24)35-22(20)40-13-25(27,28)29/h2-4,7-8,10,14-15,18,30H,5-6,9,11-13H2,1H3,(H,31,32,34)/t15-/m0/s1. The number of hydrogen-bond acceptors (Lipinski definition) is 10. The fraction of sp³-hybridized carbons (Fsp3) is 0.440. The molecule has 3 aromatic heterocycles. The summed E-state index contributed by atoms with van der Waals surface area (Å²) in [5, 5.41) is 22.0. The van der Waals surface area contributed by atoms with Crippen LogP contribution in [0.15, 0.2) is 43.1 Å². The van der Waals surface area contributed by atoms with Crippen LogP contribution >= 0.6 is 11.6 Å². The molecule has 2 N–H and O–H groups in total. The van der Waals surface area contributed by atoms with E-state index < -0.39 is 12.8 Å². The van der Waals surface area contributed by atoms with E-state index in [-0.39, 0.29) is 35.1 Å². The summed E-state index contributed by atoms with van der Waals surface area (Å²) in [6.07, 6.45) is 3.38. The first-order chi connectivity index (χ1) is 19.6. The second-order valence-electron chi connectivity index (χ2n) is 10.4. The van der Waals surface area contributed by atoms with E-state index in [2.05, 4.69) is 41.2 Å². The van der Waals surface area contributed by atoms with Crippen LogP contribution in [-0.4, -0.2) is 71.9 Å². The number of rotatable bonds is 10. The van der Waals surface area contributed by atoms with E-state index >= 15 is 0 Å². The van der Waals surface area contributed by atoms with Crippen LogP contribution in [-0.2, 0) is 6.54 Å². The molecule has 12 nitrogen and oxygen atoms in total. The number of tetrazole rings is 1. The normalized spacial score (nSPS) is 17.1. The summed E-state index contributed by atoms with van der Waals surface area (Å²) in [6, 6.07) is 5.40. The molecule has 4 heterocycles. The molecule has 41 heavy (non-hydrogen) atoms. The number of alkyl halides is 3. The van der Waals surface area contributed by atoms with Gasteiger partial charge >= 0.3 is 6.18 Å². The fourth-order valence-electron chi connectivity index (χ4n) is 5.02. The first-order valence-corrected chi connectivity index (χ1v) is 13.3. The Morgan fingerprint density at radius 3 is 2.63 bits per heavy atom. The maximum absolute atomic E-state index is 12.9. The van der Waals surface area contributed by atoms with E-state index in [0.717, 1.165) is 31.5 Å². The van der Waals surface area contributed by atoms with Crippen LogP contribution < -0.4 is 20.1 Å². The number of ether oxygens (including phenoxy) is 2. The minimum Gasteiger partial charge on any atom is -0.487 e. The maximum Gasteiger partial charge on any atom is 0.422 e. The van der Waals surface area contributed by atoms with Gasteiger partial charge in [0.1, 0.15) is 23.9 Å². The first-order valence-electron chi connectivity index (χ1n) is 12.9. The molecule has 1 spiro atoms. The summed E-state index contributed by atoms with van der Waals surface area (Å²) in [5.41, 5.74) is 1.98. The van der Waals surface area contributed by atoms with E-state index in [1.165, 1.54) is 6.33 Å².